The molecule has 0 aliphatic heterocycles. The average Bonchev–Trinajstić information content (AvgIpc) is 2.99. The van der Waals surface area contributed by atoms with Gasteiger partial charge in [-0.3, -0.25) is 0 Å². The number of aromatic nitrogens is 7. The quantitative estimate of drug-likeness (QED) is 0.793. The third-order valence-corrected chi connectivity index (χ3v) is 2.75. The molecule has 9 nitrogen and oxygen atoms in total. The van der Waals surface area contributed by atoms with E-state index >= 15 is 0 Å². The molecule has 18 heavy (non-hydrogen) atoms. The van der Waals surface area contributed by atoms with Crippen molar-refractivity contribution < 1.29 is 9.90 Å². The number of nitrogens with zero attached hydrogens (tertiary/aromatic N) is 7. The van der Waals surface area contributed by atoms with E-state index in [1.165, 1.54) is 31.2 Å². The van der Waals surface area contributed by atoms with E-state index < -0.39 is 11.5 Å². The van der Waals surface area contributed by atoms with Crippen LogP contribution in [0.5, 0.6) is 0 Å². The van der Waals surface area contributed by atoms with E-state index in [1.807, 2.05) is 6.92 Å². The third kappa shape index (κ3) is 1.83. The van der Waals surface area contributed by atoms with Gasteiger partial charge in [0.25, 0.3) is 0 Å². The minimum absolute atomic E-state index is 0.305. The highest BCUT2D eigenvalue weighted by Crippen LogP contribution is 2.20. The molecule has 0 radical (unpaired) electrons. The maximum Gasteiger partial charge on any atom is 0.331 e. The van der Waals surface area contributed by atoms with Crippen molar-refractivity contribution in [2.75, 3.05) is 0 Å². The van der Waals surface area contributed by atoms with Crippen LogP contribution in [0.15, 0.2) is 12.7 Å². The lowest BCUT2D eigenvalue weighted by molar-refractivity contribution is -0.146. The van der Waals surface area contributed by atoms with Crippen molar-refractivity contribution in [1.29, 1.82) is 0 Å². The molecule has 0 amide bonds. The smallest absolute Gasteiger partial charge is 0.331 e. The maximum atomic E-state index is 11.2. The first-order valence-corrected chi connectivity index (χ1v) is 5.31. The van der Waals surface area contributed by atoms with Crippen LogP contribution in [0.4, 0.5) is 0 Å². The van der Waals surface area contributed by atoms with Crippen LogP contribution >= 0.6 is 0 Å². The lowest BCUT2D eigenvalue weighted by atomic mass is 10.1. The van der Waals surface area contributed by atoms with Crippen molar-refractivity contribution in [1.82, 2.24) is 35.0 Å². The van der Waals surface area contributed by atoms with E-state index in [2.05, 4.69) is 25.6 Å². The molecule has 2 rings (SSSR count). The summed E-state index contributed by atoms with van der Waals surface area (Å²) in [5.41, 5.74) is -1.23. The van der Waals surface area contributed by atoms with Crippen molar-refractivity contribution in [2.24, 2.45) is 0 Å². The van der Waals surface area contributed by atoms with Crippen molar-refractivity contribution in [3.63, 3.8) is 0 Å². The zero-order chi connectivity index (χ0) is 13.3. The van der Waals surface area contributed by atoms with Gasteiger partial charge in [0.05, 0.1) is 0 Å². The first-order chi connectivity index (χ1) is 8.44. The maximum absolute atomic E-state index is 11.2. The number of hydrogen-bond donors (Lipinski definition) is 1. The number of hydrogen-bond acceptors (Lipinski definition) is 6. The molecule has 0 spiro atoms. The summed E-state index contributed by atoms with van der Waals surface area (Å²) in [5, 5.41) is 24.4. The highest BCUT2D eigenvalue weighted by atomic mass is 16.4. The number of carboxylic acid groups (broad SMARTS) is 1. The first kappa shape index (κ1) is 12.1. The summed E-state index contributed by atoms with van der Waals surface area (Å²) >= 11 is 0. The SMILES string of the molecule is CC(c1nnnn1C(C)(C)C(=O)O)n1cncn1. The predicted octanol–water partition coefficient (Wildman–Crippen LogP) is -0.306. The Labute approximate surface area is 102 Å². The second-order valence-corrected chi connectivity index (χ2v) is 4.36. The Morgan fingerprint density at radius 1 is 1.50 bits per heavy atom. The molecule has 0 aromatic carbocycles. The Balaban J connectivity index is 2.43. The van der Waals surface area contributed by atoms with Crippen LogP contribution in [0.1, 0.15) is 32.6 Å². The molecule has 2 heterocycles. The van der Waals surface area contributed by atoms with E-state index in [0.717, 1.165) is 0 Å². The molecular weight excluding hydrogens is 238 g/mol. The summed E-state index contributed by atoms with van der Waals surface area (Å²) in [5.74, 6) is -0.602. The molecule has 0 aliphatic carbocycles. The second-order valence-electron chi connectivity index (χ2n) is 4.36. The molecule has 9 heteroatoms. The molecule has 1 unspecified atom stereocenters. The number of tetrazole rings is 1. The van der Waals surface area contributed by atoms with Crippen LogP contribution in [0.3, 0.4) is 0 Å². The normalized spacial score (nSPS) is 13.5. The Morgan fingerprint density at radius 3 is 2.78 bits per heavy atom. The summed E-state index contributed by atoms with van der Waals surface area (Å²) in [7, 11) is 0. The van der Waals surface area contributed by atoms with Gasteiger partial charge in [0.1, 0.15) is 18.7 Å². The zero-order valence-corrected chi connectivity index (χ0v) is 10.2. The molecule has 0 saturated carbocycles. The monoisotopic (exact) mass is 251 g/mol. The summed E-state index contributed by atoms with van der Waals surface area (Å²) in [6.07, 6.45) is 2.92. The molecule has 1 atom stereocenters. The molecule has 2 aromatic rings. The number of carbonyl (C=O) groups is 1. The lowest BCUT2D eigenvalue weighted by Gasteiger charge is -2.22. The van der Waals surface area contributed by atoms with Crippen molar-refractivity contribution >= 4 is 5.97 Å². The highest BCUT2D eigenvalue weighted by Gasteiger charge is 2.35. The van der Waals surface area contributed by atoms with Crippen LogP contribution in [0.2, 0.25) is 0 Å². The minimum atomic E-state index is -1.23. The fourth-order valence-corrected chi connectivity index (χ4v) is 1.48. The van der Waals surface area contributed by atoms with Gasteiger partial charge in [0.2, 0.25) is 0 Å². The molecule has 96 valence electrons. The van der Waals surface area contributed by atoms with Gasteiger partial charge in [-0.1, -0.05) is 0 Å². The summed E-state index contributed by atoms with van der Waals surface area (Å²) in [4.78, 5) is 15.1. The van der Waals surface area contributed by atoms with Gasteiger partial charge in [-0.25, -0.2) is 19.1 Å². The van der Waals surface area contributed by atoms with Gasteiger partial charge in [-0.05, 0) is 31.2 Å². The molecular formula is C9H13N7O2. The van der Waals surface area contributed by atoms with Gasteiger partial charge in [-0.15, -0.1) is 5.10 Å². The zero-order valence-electron chi connectivity index (χ0n) is 10.2. The molecule has 0 saturated heterocycles. The van der Waals surface area contributed by atoms with Crippen molar-refractivity contribution in [3.8, 4) is 0 Å². The van der Waals surface area contributed by atoms with Gasteiger partial charge >= 0.3 is 5.97 Å². The Kier molecular flexibility index (Phi) is 2.81. The van der Waals surface area contributed by atoms with E-state index in [1.54, 1.807) is 4.68 Å². The topological polar surface area (TPSA) is 112 Å². The summed E-state index contributed by atoms with van der Waals surface area (Å²) < 4.78 is 2.84. The number of rotatable bonds is 4. The summed E-state index contributed by atoms with van der Waals surface area (Å²) in [6.45, 7) is 4.88. The fourth-order valence-electron chi connectivity index (χ4n) is 1.48. The molecule has 0 aliphatic rings. The van der Waals surface area contributed by atoms with E-state index in [0.29, 0.717) is 5.82 Å². The largest absolute Gasteiger partial charge is 0.479 e. The Hall–Kier alpha value is -2.32. The van der Waals surface area contributed by atoms with E-state index in [-0.39, 0.29) is 6.04 Å². The summed E-state index contributed by atoms with van der Waals surface area (Å²) in [6, 6.07) is -0.305. The van der Waals surface area contributed by atoms with Crippen molar-refractivity contribution in [2.45, 2.75) is 32.4 Å². The second kappa shape index (κ2) is 4.17. The van der Waals surface area contributed by atoms with Crippen LogP contribution in [0.25, 0.3) is 0 Å². The van der Waals surface area contributed by atoms with Crippen LogP contribution < -0.4 is 0 Å². The standard InChI is InChI=1S/C9H13N7O2/c1-6(15-5-10-4-11-15)7-12-13-14-16(7)9(2,3)8(17)18/h4-6H,1-3H3,(H,17,18). The molecule has 1 N–H and O–H groups in total. The van der Waals surface area contributed by atoms with Gasteiger partial charge in [0.15, 0.2) is 11.4 Å². The number of carboxylic acids is 1. The minimum Gasteiger partial charge on any atom is -0.479 e. The molecule has 2 aromatic heterocycles. The van der Waals surface area contributed by atoms with Gasteiger partial charge < -0.3 is 5.11 Å². The predicted molar refractivity (Wildman–Crippen MR) is 58.6 cm³/mol. The van der Waals surface area contributed by atoms with Gasteiger partial charge in [-0.2, -0.15) is 5.10 Å². The Bertz CT molecular complexity index is 545. The molecule has 0 fully saturated rings. The fraction of sp³-hybridized carbons (Fsp3) is 0.556. The number of aliphatic carboxylic acids is 1. The van der Waals surface area contributed by atoms with Crippen LogP contribution in [-0.2, 0) is 10.3 Å². The van der Waals surface area contributed by atoms with Crippen LogP contribution in [0, 0.1) is 0 Å². The molecule has 0 bridgehead atoms. The van der Waals surface area contributed by atoms with Crippen LogP contribution in [-0.4, -0.2) is 46.0 Å². The van der Waals surface area contributed by atoms with E-state index in [9.17, 15) is 9.90 Å². The Morgan fingerprint density at radius 2 is 2.22 bits per heavy atom. The average molecular weight is 251 g/mol. The third-order valence-electron chi connectivity index (χ3n) is 2.75. The lowest BCUT2D eigenvalue weighted by Crippen LogP contribution is -2.38. The van der Waals surface area contributed by atoms with Crippen molar-refractivity contribution in [3.05, 3.63) is 18.5 Å². The van der Waals surface area contributed by atoms with E-state index in [4.69, 9.17) is 0 Å². The van der Waals surface area contributed by atoms with Gasteiger partial charge in [0, 0.05) is 0 Å². The first-order valence-electron chi connectivity index (χ1n) is 5.31. The highest BCUT2D eigenvalue weighted by molar-refractivity contribution is 5.75.